The molecule has 0 aliphatic heterocycles. The third-order valence-corrected chi connectivity index (χ3v) is 8.46. The average molecular weight is 563 g/mol. The van der Waals surface area contributed by atoms with Gasteiger partial charge in [0.15, 0.2) is 0 Å². The topological polar surface area (TPSA) is 24.1 Å². The van der Waals surface area contributed by atoms with Gasteiger partial charge in [-0.05, 0) is 131 Å². The summed E-state index contributed by atoms with van der Waals surface area (Å²) in [6.45, 7) is 18.4. The van der Waals surface area contributed by atoms with Gasteiger partial charge in [-0.3, -0.25) is 0 Å². The number of anilines is 2. The maximum atomic E-state index is 3.86. The van der Waals surface area contributed by atoms with Crippen molar-refractivity contribution in [2.45, 2.75) is 177 Å². The van der Waals surface area contributed by atoms with E-state index in [1.165, 1.54) is 114 Å². The van der Waals surface area contributed by atoms with E-state index in [4.69, 9.17) is 0 Å². The fourth-order valence-electron chi connectivity index (χ4n) is 6.27. The van der Waals surface area contributed by atoms with Gasteiger partial charge in [0.2, 0.25) is 0 Å². The number of benzene rings is 2. The smallest absolute Gasteiger partial charge is 0.0377 e. The van der Waals surface area contributed by atoms with Crippen molar-refractivity contribution in [3.05, 3.63) is 57.6 Å². The van der Waals surface area contributed by atoms with E-state index in [1.54, 1.807) is 33.4 Å². The number of nitrogens with one attached hydrogen (secondary N) is 2. The molecule has 0 heterocycles. The van der Waals surface area contributed by atoms with Gasteiger partial charge in [0.1, 0.15) is 0 Å². The predicted octanol–water partition coefficient (Wildman–Crippen LogP) is 11.8. The molecule has 0 amide bonds. The molecule has 2 aromatic rings. The highest BCUT2D eigenvalue weighted by Crippen LogP contribution is 2.35. The Kier molecular flexibility index (Phi) is 17.2. The highest BCUT2D eigenvalue weighted by atomic mass is 14.9. The van der Waals surface area contributed by atoms with Crippen molar-refractivity contribution in [3.63, 3.8) is 0 Å². The average Bonchev–Trinajstić information content (AvgIpc) is 2.93. The van der Waals surface area contributed by atoms with Crippen LogP contribution in [0.15, 0.2) is 24.3 Å². The summed E-state index contributed by atoms with van der Waals surface area (Å²) in [5.74, 6) is 0. The van der Waals surface area contributed by atoms with Gasteiger partial charge < -0.3 is 10.6 Å². The van der Waals surface area contributed by atoms with Crippen molar-refractivity contribution >= 4 is 11.4 Å². The standard InChI is InChI=1S/C39H66N2/c1-9-13-17-21-32-25-27-38(40-30(5)6)34(23-19-15-11-3)36(32)29-37-33(22-18-14-10-2)26-28-39(41-31(7)8)35(37)24-20-16-12-4/h25-28,30-31,40-41H,9-24,29H2,1-8H3. The van der Waals surface area contributed by atoms with Crippen molar-refractivity contribution in [1.29, 1.82) is 0 Å². The van der Waals surface area contributed by atoms with Crippen molar-refractivity contribution < 1.29 is 0 Å². The maximum absolute atomic E-state index is 3.86. The molecular formula is C39H66N2. The Morgan fingerprint density at radius 3 is 1.10 bits per heavy atom. The maximum Gasteiger partial charge on any atom is 0.0377 e. The molecule has 2 N–H and O–H groups in total. The Labute approximate surface area is 255 Å². The van der Waals surface area contributed by atoms with E-state index in [2.05, 4.69) is 90.3 Å². The highest BCUT2D eigenvalue weighted by Gasteiger charge is 2.20. The number of rotatable bonds is 22. The molecule has 0 bridgehead atoms. The van der Waals surface area contributed by atoms with Crippen molar-refractivity contribution in [2.75, 3.05) is 10.6 Å². The number of unbranched alkanes of at least 4 members (excludes halogenated alkanes) is 8. The zero-order valence-corrected chi connectivity index (χ0v) is 28.5. The quantitative estimate of drug-likeness (QED) is 0.139. The normalized spacial score (nSPS) is 11.6. The third kappa shape index (κ3) is 12.0. The van der Waals surface area contributed by atoms with Crippen molar-refractivity contribution in [1.82, 2.24) is 0 Å². The second kappa shape index (κ2) is 20.0. The second-order valence-electron chi connectivity index (χ2n) is 13.1. The first kappa shape index (κ1) is 35.2. The van der Waals surface area contributed by atoms with Crippen LogP contribution in [0.2, 0.25) is 0 Å². The fraction of sp³-hybridized carbons (Fsp3) is 0.692. The van der Waals surface area contributed by atoms with Crippen molar-refractivity contribution in [3.8, 4) is 0 Å². The molecule has 0 aromatic heterocycles. The van der Waals surface area contributed by atoms with Gasteiger partial charge in [0.25, 0.3) is 0 Å². The van der Waals surface area contributed by atoms with Gasteiger partial charge in [-0.2, -0.15) is 0 Å². The summed E-state index contributed by atoms with van der Waals surface area (Å²) in [6.07, 6.45) is 21.3. The molecule has 0 aliphatic rings. The van der Waals surface area contributed by atoms with E-state index in [0.717, 1.165) is 6.42 Å². The first-order valence-electron chi connectivity index (χ1n) is 17.7. The second-order valence-corrected chi connectivity index (χ2v) is 13.1. The lowest BCUT2D eigenvalue weighted by Crippen LogP contribution is -2.16. The fourth-order valence-corrected chi connectivity index (χ4v) is 6.27. The molecule has 0 saturated carbocycles. The summed E-state index contributed by atoms with van der Waals surface area (Å²) in [6, 6.07) is 10.6. The molecular weight excluding hydrogens is 496 g/mol. The Bertz CT molecular complexity index is 908. The molecule has 2 aromatic carbocycles. The van der Waals surface area contributed by atoms with Gasteiger partial charge in [-0.25, -0.2) is 0 Å². The molecule has 41 heavy (non-hydrogen) atoms. The molecule has 0 atom stereocenters. The molecule has 0 spiro atoms. The Morgan fingerprint density at radius 2 is 0.780 bits per heavy atom. The van der Waals surface area contributed by atoms with E-state index in [0.29, 0.717) is 12.1 Å². The summed E-state index contributed by atoms with van der Waals surface area (Å²) in [7, 11) is 0. The van der Waals surface area contributed by atoms with Crippen LogP contribution in [0.25, 0.3) is 0 Å². The zero-order valence-electron chi connectivity index (χ0n) is 28.5. The molecule has 2 rings (SSSR count). The molecule has 2 nitrogen and oxygen atoms in total. The van der Waals surface area contributed by atoms with Crippen molar-refractivity contribution in [2.24, 2.45) is 0 Å². The van der Waals surface area contributed by atoms with Crippen LogP contribution in [0.1, 0.15) is 166 Å². The van der Waals surface area contributed by atoms with E-state index in [9.17, 15) is 0 Å². The number of aryl methyl sites for hydroxylation is 2. The SMILES string of the molecule is CCCCCc1ccc(NC(C)C)c(CCCCC)c1Cc1c(CCCCC)ccc(NC(C)C)c1CCCCC. The van der Waals surface area contributed by atoms with Crippen LogP contribution in [0.3, 0.4) is 0 Å². The lowest BCUT2D eigenvalue weighted by Gasteiger charge is -2.26. The molecule has 232 valence electrons. The minimum absolute atomic E-state index is 0.437. The number of hydrogen-bond acceptors (Lipinski definition) is 2. The van der Waals surface area contributed by atoms with Crippen LogP contribution in [0, 0.1) is 0 Å². The number of hydrogen-bond donors (Lipinski definition) is 2. The summed E-state index contributed by atoms with van der Waals surface area (Å²) in [5, 5.41) is 7.72. The monoisotopic (exact) mass is 563 g/mol. The van der Waals surface area contributed by atoms with E-state index in [1.807, 2.05) is 0 Å². The Hall–Kier alpha value is -1.96. The van der Waals surface area contributed by atoms with Gasteiger partial charge in [-0.15, -0.1) is 0 Å². The predicted molar refractivity (Wildman–Crippen MR) is 186 cm³/mol. The molecule has 0 unspecified atom stereocenters. The van der Waals surface area contributed by atoms with Gasteiger partial charge >= 0.3 is 0 Å². The molecule has 0 fully saturated rings. The minimum atomic E-state index is 0.437. The van der Waals surface area contributed by atoms with Gasteiger partial charge in [0, 0.05) is 23.5 Å². The van der Waals surface area contributed by atoms with Crippen LogP contribution in [-0.2, 0) is 32.1 Å². The van der Waals surface area contributed by atoms with E-state index >= 15 is 0 Å². The van der Waals surface area contributed by atoms with Crippen LogP contribution in [0.4, 0.5) is 11.4 Å². The van der Waals surface area contributed by atoms with Gasteiger partial charge in [0.05, 0.1) is 0 Å². The van der Waals surface area contributed by atoms with Crippen LogP contribution in [-0.4, -0.2) is 12.1 Å². The van der Waals surface area contributed by atoms with Crippen LogP contribution in [0.5, 0.6) is 0 Å². The van der Waals surface area contributed by atoms with E-state index < -0.39 is 0 Å². The molecule has 0 saturated heterocycles. The van der Waals surface area contributed by atoms with E-state index in [-0.39, 0.29) is 0 Å². The first-order valence-corrected chi connectivity index (χ1v) is 17.7. The Balaban J connectivity index is 2.75. The van der Waals surface area contributed by atoms with Crippen LogP contribution < -0.4 is 10.6 Å². The largest absolute Gasteiger partial charge is 0.383 e. The summed E-state index contributed by atoms with van der Waals surface area (Å²) >= 11 is 0. The van der Waals surface area contributed by atoms with Gasteiger partial charge in [-0.1, -0.05) is 91.2 Å². The lowest BCUT2D eigenvalue weighted by molar-refractivity contribution is 0.694. The zero-order chi connectivity index (χ0) is 30.0. The van der Waals surface area contributed by atoms with Crippen LogP contribution >= 0.6 is 0 Å². The Morgan fingerprint density at radius 1 is 0.439 bits per heavy atom. The molecule has 0 aliphatic carbocycles. The lowest BCUT2D eigenvalue weighted by atomic mass is 9.83. The highest BCUT2D eigenvalue weighted by molar-refractivity contribution is 5.63. The summed E-state index contributed by atoms with van der Waals surface area (Å²) < 4.78 is 0. The minimum Gasteiger partial charge on any atom is -0.383 e. The summed E-state index contributed by atoms with van der Waals surface area (Å²) in [4.78, 5) is 0. The molecule has 0 radical (unpaired) electrons. The first-order chi connectivity index (χ1) is 19.9. The molecule has 2 heteroatoms. The third-order valence-electron chi connectivity index (χ3n) is 8.46. The summed E-state index contributed by atoms with van der Waals surface area (Å²) in [5.41, 5.74) is 12.4.